The number of rotatable bonds is 37. The van der Waals surface area contributed by atoms with E-state index in [-0.39, 0.29) is 26.1 Å². The van der Waals surface area contributed by atoms with E-state index in [2.05, 4.69) is 86.8 Å². The summed E-state index contributed by atoms with van der Waals surface area (Å²) in [7, 11) is 1.01. The Bertz CT molecular complexity index is 1380. The minimum Gasteiger partial charge on any atom is -0.756 e. The van der Waals surface area contributed by atoms with Gasteiger partial charge in [0.2, 0.25) is 0 Å². The van der Waals surface area contributed by atoms with Gasteiger partial charge in [-0.3, -0.25) is 14.2 Å². The largest absolute Gasteiger partial charge is 0.756 e. The molecule has 0 aliphatic rings. The molecule has 0 amide bonds. The number of quaternary nitrogens is 1. The summed E-state index contributed by atoms with van der Waals surface area (Å²) in [6.07, 6.45) is 48.7. The molecule has 10 nitrogen and oxygen atoms in total. The Kier molecular flexibility index (Phi) is 36.6. The highest BCUT2D eigenvalue weighted by atomic mass is 31.2. The molecule has 0 fully saturated rings. The molecule has 0 aromatic carbocycles. The van der Waals surface area contributed by atoms with Crippen molar-refractivity contribution in [2.24, 2.45) is 0 Å². The molecule has 0 saturated heterocycles. The molecular formula is C48H78NO9P. The van der Waals surface area contributed by atoms with E-state index in [0.717, 1.165) is 57.8 Å². The molecule has 3 atom stereocenters. The lowest BCUT2D eigenvalue weighted by molar-refractivity contribution is -0.870. The van der Waals surface area contributed by atoms with E-state index in [9.17, 15) is 24.2 Å². The molecule has 0 spiro atoms. The number of carbonyl (C=O) groups is 2. The average Bonchev–Trinajstić information content (AvgIpc) is 3.18. The summed E-state index contributed by atoms with van der Waals surface area (Å²) < 4.78 is 33.6. The molecule has 11 heteroatoms. The van der Waals surface area contributed by atoms with Crippen LogP contribution in [0.2, 0.25) is 0 Å². The molecule has 0 radical (unpaired) electrons. The van der Waals surface area contributed by atoms with Crippen LogP contribution in [-0.2, 0) is 32.7 Å². The second kappa shape index (κ2) is 38.8. The van der Waals surface area contributed by atoms with Crippen LogP contribution in [0.25, 0.3) is 0 Å². The number of allylic oxidation sites excluding steroid dienone is 16. The van der Waals surface area contributed by atoms with Gasteiger partial charge in [0.25, 0.3) is 7.82 Å². The van der Waals surface area contributed by atoms with Gasteiger partial charge in [-0.05, 0) is 83.5 Å². The molecule has 59 heavy (non-hydrogen) atoms. The van der Waals surface area contributed by atoms with Gasteiger partial charge in [0.15, 0.2) is 6.10 Å². The first-order valence-electron chi connectivity index (χ1n) is 21.7. The number of aliphatic hydroxyl groups is 1. The number of hydrogen-bond donors (Lipinski definition) is 1. The SMILES string of the molecule is CC/C=C\C/C=C\C/C=C\C/C=C\C=C/C(O)C/C=C\CCC(=O)O[C@H](COC(=O)CCCC/C=C\C/C=C\C/C=C\CCCCC)COP(=O)([O-])OCC[N+](C)(C)C. The molecule has 0 rings (SSSR count). The van der Waals surface area contributed by atoms with Crippen molar-refractivity contribution in [1.82, 2.24) is 0 Å². The summed E-state index contributed by atoms with van der Waals surface area (Å²) in [6, 6.07) is 0. The maximum Gasteiger partial charge on any atom is 0.306 e. The number of aliphatic hydroxyl groups excluding tert-OH is 1. The van der Waals surface area contributed by atoms with E-state index >= 15 is 0 Å². The minimum atomic E-state index is -4.69. The Hall–Kier alpha value is -3.37. The van der Waals surface area contributed by atoms with Gasteiger partial charge in [0.05, 0.1) is 33.9 Å². The number of nitrogens with zero attached hydrogens (tertiary/aromatic N) is 1. The van der Waals surface area contributed by atoms with Crippen LogP contribution in [-0.4, -0.2) is 81.2 Å². The third kappa shape index (κ3) is 42.6. The first-order chi connectivity index (χ1) is 28.4. The van der Waals surface area contributed by atoms with E-state index in [4.69, 9.17) is 18.5 Å². The Morgan fingerprint density at radius 3 is 1.80 bits per heavy atom. The zero-order valence-corrected chi connectivity index (χ0v) is 37.9. The number of esters is 2. The van der Waals surface area contributed by atoms with Gasteiger partial charge in [0, 0.05) is 12.8 Å². The van der Waals surface area contributed by atoms with Gasteiger partial charge in [-0.1, -0.05) is 136 Å². The first-order valence-corrected chi connectivity index (χ1v) is 23.2. The maximum absolute atomic E-state index is 12.7. The summed E-state index contributed by atoms with van der Waals surface area (Å²) >= 11 is 0. The normalized spacial score (nSPS) is 15.2. The zero-order valence-electron chi connectivity index (χ0n) is 37.0. The lowest BCUT2D eigenvalue weighted by Gasteiger charge is -2.28. The highest BCUT2D eigenvalue weighted by Gasteiger charge is 2.21. The summed E-state index contributed by atoms with van der Waals surface area (Å²) in [5, 5.41) is 10.2. The second-order valence-electron chi connectivity index (χ2n) is 15.2. The van der Waals surface area contributed by atoms with Crippen LogP contribution < -0.4 is 4.89 Å². The summed E-state index contributed by atoms with van der Waals surface area (Å²) in [5.74, 6) is -1.07. The van der Waals surface area contributed by atoms with Crippen molar-refractivity contribution < 1.29 is 47.2 Å². The molecule has 2 unspecified atom stereocenters. The Balaban J connectivity index is 4.69. The van der Waals surface area contributed by atoms with Crippen molar-refractivity contribution in [3.8, 4) is 0 Å². The number of unbranched alkanes of at least 4 members (excludes halogenated alkanes) is 5. The predicted octanol–water partition coefficient (Wildman–Crippen LogP) is 10.7. The Morgan fingerprint density at radius 2 is 1.20 bits per heavy atom. The highest BCUT2D eigenvalue weighted by Crippen LogP contribution is 2.38. The quantitative estimate of drug-likeness (QED) is 0.0162. The molecule has 0 aromatic rings. The molecule has 0 aliphatic carbocycles. The second-order valence-corrected chi connectivity index (χ2v) is 16.6. The number of ether oxygens (including phenoxy) is 2. The van der Waals surface area contributed by atoms with Crippen molar-refractivity contribution in [2.75, 3.05) is 47.5 Å². The van der Waals surface area contributed by atoms with Gasteiger partial charge in [0.1, 0.15) is 19.8 Å². The lowest BCUT2D eigenvalue weighted by Crippen LogP contribution is -2.37. The predicted molar refractivity (Wildman–Crippen MR) is 241 cm³/mol. The molecule has 0 aliphatic heterocycles. The van der Waals surface area contributed by atoms with E-state index in [1.807, 2.05) is 39.4 Å². The molecular weight excluding hydrogens is 766 g/mol. The third-order valence-corrected chi connectivity index (χ3v) is 9.33. The van der Waals surface area contributed by atoms with Crippen LogP contribution in [0.4, 0.5) is 0 Å². The summed E-state index contributed by atoms with van der Waals surface area (Å²) in [6.45, 7) is 3.79. The smallest absolute Gasteiger partial charge is 0.306 e. The maximum atomic E-state index is 12.7. The third-order valence-electron chi connectivity index (χ3n) is 8.37. The Morgan fingerprint density at radius 1 is 0.644 bits per heavy atom. The lowest BCUT2D eigenvalue weighted by atomic mass is 10.1. The van der Waals surface area contributed by atoms with Gasteiger partial charge in [-0.15, -0.1) is 0 Å². The minimum absolute atomic E-state index is 0.00332. The molecule has 0 aromatic heterocycles. The molecule has 0 saturated carbocycles. The topological polar surface area (TPSA) is 131 Å². The monoisotopic (exact) mass is 844 g/mol. The van der Waals surface area contributed by atoms with Gasteiger partial charge < -0.3 is 33.0 Å². The van der Waals surface area contributed by atoms with E-state index < -0.39 is 38.6 Å². The van der Waals surface area contributed by atoms with Crippen molar-refractivity contribution >= 4 is 19.8 Å². The number of carbonyl (C=O) groups excluding carboxylic acids is 2. The molecule has 1 N–H and O–H groups in total. The molecule has 334 valence electrons. The van der Waals surface area contributed by atoms with Gasteiger partial charge >= 0.3 is 11.9 Å². The van der Waals surface area contributed by atoms with E-state index in [0.29, 0.717) is 30.3 Å². The fourth-order valence-electron chi connectivity index (χ4n) is 4.94. The van der Waals surface area contributed by atoms with E-state index in [1.54, 1.807) is 18.2 Å². The fraction of sp³-hybridized carbons (Fsp3) is 0.583. The first kappa shape index (κ1) is 55.6. The Labute approximate surface area is 358 Å². The van der Waals surface area contributed by atoms with Crippen molar-refractivity contribution in [3.05, 3.63) is 109 Å². The van der Waals surface area contributed by atoms with Crippen molar-refractivity contribution in [1.29, 1.82) is 0 Å². The van der Waals surface area contributed by atoms with Crippen LogP contribution in [0.5, 0.6) is 0 Å². The van der Waals surface area contributed by atoms with Crippen molar-refractivity contribution in [3.63, 3.8) is 0 Å². The van der Waals surface area contributed by atoms with Crippen LogP contribution >= 0.6 is 7.82 Å². The van der Waals surface area contributed by atoms with Crippen LogP contribution in [0, 0.1) is 0 Å². The number of hydrogen-bond acceptors (Lipinski definition) is 9. The standard InChI is InChI=1S/C48H78NO9P/c1-6-8-10-12-14-16-18-20-21-23-25-27-29-31-35-39-47(51)55-43-46(44-57-59(53,54)56-42-41-49(3,4)5)58-48(52)40-36-32-34-38-45(50)37-33-30-28-26-24-22-19-17-15-13-11-9-7-2/h9,11,14-17,20-22,24-25,27-28,30,32-34,37,45-46,50H,6-8,10,12-13,18-19,23,26,29,31,35-36,38-44H2,1-5H3/b11-9-,16-14-,17-15-,21-20-,24-22-,27-25-,30-28-,34-32-,37-33-/t45?,46-/m1/s1. The zero-order chi connectivity index (χ0) is 43.7. The van der Waals surface area contributed by atoms with E-state index in [1.165, 1.54) is 19.3 Å². The van der Waals surface area contributed by atoms with Crippen molar-refractivity contribution in [2.45, 2.75) is 135 Å². The molecule has 0 bridgehead atoms. The van der Waals surface area contributed by atoms with Crippen LogP contribution in [0.1, 0.15) is 123 Å². The fourth-order valence-corrected chi connectivity index (χ4v) is 5.67. The number of phosphoric acid groups is 1. The summed E-state index contributed by atoms with van der Waals surface area (Å²) in [5.41, 5.74) is 0. The number of phosphoric ester groups is 1. The van der Waals surface area contributed by atoms with Crippen LogP contribution in [0.15, 0.2) is 109 Å². The number of likely N-dealkylation sites (N-methyl/N-ethyl adjacent to an activating group) is 1. The summed E-state index contributed by atoms with van der Waals surface area (Å²) in [4.78, 5) is 37.5. The van der Waals surface area contributed by atoms with Crippen LogP contribution in [0.3, 0.4) is 0 Å². The average molecular weight is 844 g/mol. The molecule has 0 heterocycles. The van der Waals surface area contributed by atoms with Gasteiger partial charge in [-0.25, -0.2) is 0 Å². The van der Waals surface area contributed by atoms with Gasteiger partial charge in [-0.2, -0.15) is 0 Å². The highest BCUT2D eigenvalue weighted by molar-refractivity contribution is 7.45.